The number of aromatic nitrogens is 2. The van der Waals surface area contributed by atoms with E-state index in [0.717, 1.165) is 13.0 Å². The SMILES string of the molecule is CCN1CCCCC(N)C1c1cncn1C1CC1. The van der Waals surface area contributed by atoms with Crippen molar-refractivity contribution in [3.63, 3.8) is 0 Å². The summed E-state index contributed by atoms with van der Waals surface area (Å²) in [6, 6.07) is 1.30. The molecule has 1 aromatic heterocycles. The van der Waals surface area contributed by atoms with Gasteiger partial charge in [-0.1, -0.05) is 13.3 Å². The van der Waals surface area contributed by atoms with Gasteiger partial charge in [-0.3, -0.25) is 4.90 Å². The summed E-state index contributed by atoms with van der Waals surface area (Å²) >= 11 is 0. The average molecular weight is 248 g/mol. The first kappa shape index (κ1) is 12.2. The number of rotatable bonds is 3. The van der Waals surface area contributed by atoms with E-state index in [1.54, 1.807) is 0 Å². The Labute approximate surface area is 109 Å². The normalized spacial score (nSPS) is 30.3. The third-order valence-electron chi connectivity index (χ3n) is 4.38. The second-order valence-corrected chi connectivity index (χ2v) is 5.69. The Morgan fingerprint density at radius 3 is 2.89 bits per heavy atom. The molecule has 2 heterocycles. The molecule has 18 heavy (non-hydrogen) atoms. The van der Waals surface area contributed by atoms with Gasteiger partial charge in [-0.15, -0.1) is 0 Å². The van der Waals surface area contributed by atoms with Crippen molar-refractivity contribution in [3.8, 4) is 0 Å². The standard InChI is InChI=1S/C14H24N4/c1-2-17-8-4-3-5-12(15)14(17)13-9-16-10-18(13)11-6-7-11/h9-12,14H,2-8,15H2,1H3. The zero-order chi connectivity index (χ0) is 12.5. The van der Waals surface area contributed by atoms with Crippen LogP contribution in [0.4, 0.5) is 0 Å². The summed E-state index contributed by atoms with van der Waals surface area (Å²) in [5, 5.41) is 0. The molecule has 4 nitrogen and oxygen atoms in total. The van der Waals surface area contributed by atoms with Gasteiger partial charge in [0.05, 0.1) is 18.1 Å². The van der Waals surface area contributed by atoms with Gasteiger partial charge in [-0.25, -0.2) is 4.98 Å². The van der Waals surface area contributed by atoms with E-state index in [9.17, 15) is 0 Å². The fraction of sp³-hybridized carbons (Fsp3) is 0.786. The molecular formula is C14H24N4. The molecule has 0 aromatic carbocycles. The highest BCUT2D eigenvalue weighted by Crippen LogP contribution is 2.39. The molecule has 100 valence electrons. The minimum absolute atomic E-state index is 0.252. The van der Waals surface area contributed by atoms with Crippen molar-refractivity contribution in [2.45, 2.75) is 57.2 Å². The summed E-state index contributed by atoms with van der Waals surface area (Å²) in [7, 11) is 0. The van der Waals surface area contributed by atoms with Gasteiger partial charge >= 0.3 is 0 Å². The van der Waals surface area contributed by atoms with Gasteiger partial charge in [0.1, 0.15) is 0 Å². The molecule has 2 atom stereocenters. The number of hydrogen-bond donors (Lipinski definition) is 1. The van der Waals surface area contributed by atoms with Crippen molar-refractivity contribution < 1.29 is 0 Å². The van der Waals surface area contributed by atoms with Crippen molar-refractivity contribution in [2.24, 2.45) is 5.73 Å². The predicted molar refractivity (Wildman–Crippen MR) is 72.3 cm³/mol. The second kappa shape index (κ2) is 5.02. The molecule has 1 saturated carbocycles. The number of imidazole rings is 1. The van der Waals surface area contributed by atoms with E-state index in [1.165, 1.54) is 37.9 Å². The second-order valence-electron chi connectivity index (χ2n) is 5.69. The maximum atomic E-state index is 6.44. The molecule has 0 amide bonds. The smallest absolute Gasteiger partial charge is 0.0951 e. The van der Waals surface area contributed by atoms with Crippen LogP contribution >= 0.6 is 0 Å². The van der Waals surface area contributed by atoms with E-state index in [0.29, 0.717) is 12.1 Å². The van der Waals surface area contributed by atoms with Crippen LogP contribution in [0, 0.1) is 0 Å². The molecule has 1 aliphatic heterocycles. The fourth-order valence-corrected chi connectivity index (χ4v) is 3.23. The van der Waals surface area contributed by atoms with Gasteiger partial charge in [0.15, 0.2) is 0 Å². The molecule has 0 radical (unpaired) electrons. The Balaban J connectivity index is 1.91. The highest BCUT2D eigenvalue weighted by molar-refractivity contribution is 5.12. The molecule has 0 bridgehead atoms. The first-order chi connectivity index (χ1) is 8.81. The van der Waals surface area contributed by atoms with Crippen LogP contribution in [-0.4, -0.2) is 33.6 Å². The molecule has 2 unspecified atom stereocenters. The van der Waals surface area contributed by atoms with Crippen molar-refractivity contribution in [1.82, 2.24) is 14.5 Å². The zero-order valence-corrected chi connectivity index (χ0v) is 11.3. The lowest BCUT2D eigenvalue weighted by molar-refractivity contribution is 0.187. The molecule has 0 spiro atoms. The summed E-state index contributed by atoms with van der Waals surface area (Å²) in [5.41, 5.74) is 7.78. The largest absolute Gasteiger partial charge is 0.330 e. The highest BCUT2D eigenvalue weighted by Gasteiger charge is 2.33. The number of likely N-dealkylation sites (tertiary alicyclic amines) is 1. The fourth-order valence-electron chi connectivity index (χ4n) is 3.23. The molecule has 2 aliphatic rings. The number of likely N-dealkylation sites (N-methyl/N-ethyl adjacent to an activating group) is 1. The average Bonchev–Trinajstić information content (AvgIpc) is 3.14. The van der Waals surface area contributed by atoms with Crippen LogP contribution in [0.5, 0.6) is 0 Å². The molecular weight excluding hydrogens is 224 g/mol. The Hall–Kier alpha value is -0.870. The van der Waals surface area contributed by atoms with E-state index in [1.807, 2.05) is 12.5 Å². The quantitative estimate of drug-likeness (QED) is 0.891. The Bertz CT molecular complexity index is 396. The number of hydrogen-bond acceptors (Lipinski definition) is 3. The van der Waals surface area contributed by atoms with Crippen molar-refractivity contribution >= 4 is 0 Å². The number of nitrogens with zero attached hydrogens (tertiary/aromatic N) is 3. The molecule has 1 aliphatic carbocycles. The van der Waals surface area contributed by atoms with Crippen LogP contribution in [0.2, 0.25) is 0 Å². The van der Waals surface area contributed by atoms with Crippen LogP contribution in [0.1, 0.15) is 56.8 Å². The van der Waals surface area contributed by atoms with Gasteiger partial charge in [-0.2, -0.15) is 0 Å². The third-order valence-corrected chi connectivity index (χ3v) is 4.38. The van der Waals surface area contributed by atoms with Gasteiger partial charge in [0.25, 0.3) is 0 Å². The van der Waals surface area contributed by atoms with Crippen LogP contribution in [-0.2, 0) is 0 Å². The Kier molecular flexibility index (Phi) is 3.39. The topological polar surface area (TPSA) is 47.1 Å². The van der Waals surface area contributed by atoms with Gasteiger partial charge in [-0.05, 0) is 38.8 Å². The van der Waals surface area contributed by atoms with Gasteiger partial charge in [0.2, 0.25) is 0 Å². The lowest BCUT2D eigenvalue weighted by Crippen LogP contribution is -2.40. The number of nitrogens with two attached hydrogens (primary N) is 1. The molecule has 1 aromatic rings. The van der Waals surface area contributed by atoms with Crippen LogP contribution in [0.25, 0.3) is 0 Å². The predicted octanol–water partition coefficient (Wildman–Crippen LogP) is 2.09. The van der Waals surface area contributed by atoms with E-state index in [2.05, 4.69) is 21.4 Å². The first-order valence-electron chi connectivity index (χ1n) is 7.32. The summed E-state index contributed by atoms with van der Waals surface area (Å²) in [6.45, 7) is 4.49. The van der Waals surface area contributed by atoms with E-state index >= 15 is 0 Å². The van der Waals surface area contributed by atoms with E-state index < -0.39 is 0 Å². The van der Waals surface area contributed by atoms with Gasteiger partial charge < -0.3 is 10.3 Å². The maximum Gasteiger partial charge on any atom is 0.0951 e. The summed E-state index contributed by atoms with van der Waals surface area (Å²) in [6.07, 6.45) is 10.3. The van der Waals surface area contributed by atoms with Crippen molar-refractivity contribution in [2.75, 3.05) is 13.1 Å². The third kappa shape index (κ3) is 2.19. The first-order valence-corrected chi connectivity index (χ1v) is 7.32. The Morgan fingerprint density at radius 2 is 2.17 bits per heavy atom. The van der Waals surface area contributed by atoms with Crippen LogP contribution < -0.4 is 5.73 Å². The molecule has 2 fully saturated rings. The molecule has 3 rings (SSSR count). The van der Waals surface area contributed by atoms with Gasteiger partial charge in [0, 0.05) is 18.3 Å². The van der Waals surface area contributed by atoms with Crippen molar-refractivity contribution in [1.29, 1.82) is 0 Å². The zero-order valence-electron chi connectivity index (χ0n) is 11.3. The minimum Gasteiger partial charge on any atom is -0.330 e. The maximum absolute atomic E-state index is 6.44. The molecule has 4 heteroatoms. The summed E-state index contributed by atoms with van der Waals surface area (Å²) in [4.78, 5) is 6.91. The Morgan fingerprint density at radius 1 is 1.33 bits per heavy atom. The molecule has 2 N–H and O–H groups in total. The van der Waals surface area contributed by atoms with Crippen molar-refractivity contribution in [3.05, 3.63) is 18.2 Å². The molecule has 1 saturated heterocycles. The van der Waals surface area contributed by atoms with E-state index in [4.69, 9.17) is 5.73 Å². The summed E-state index contributed by atoms with van der Waals surface area (Å²) < 4.78 is 2.37. The van der Waals surface area contributed by atoms with E-state index in [-0.39, 0.29) is 6.04 Å². The lowest BCUT2D eigenvalue weighted by atomic mass is 10.0. The summed E-state index contributed by atoms with van der Waals surface area (Å²) in [5.74, 6) is 0. The monoisotopic (exact) mass is 248 g/mol. The minimum atomic E-state index is 0.252. The highest BCUT2D eigenvalue weighted by atomic mass is 15.2. The van der Waals surface area contributed by atoms with Crippen LogP contribution in [0.15, 0.2) is 12.5 Å². The van der Waals surface area contributed by atoms with Crippen LogP contribution in [0.3, 0.4) is 0 Å². The lowest BCUT2D eigenvalue weighted by Gasteiger charge is -2.33.